The van der Waals surface area contributed by atoms with Gasteiger partial charge >= 0.3 is 0 Å². The summed E-state index contributed by atoms with van der Waals surface area (Å²) < 4.78 is 5.67. The summed E-state index contributed by atoms with van der Waals surface area (Å²) in [7, 11) is 0. The molecule has 0 atom stereocenters. The van der Waals surface area contributed by atoms with Gasteiger partial charge in [0.2, 0.25) is 0 Å². The first kappa shape index (κ1) is 14.8. The Bertz CT molecular complexity index is 852. The van der Waals surface area contributed by atoms with Gasteiger partial charge in [0.05, 0.1) is 6.20 Å². The van der Waals surface area contributed by atoms with Crippen LogP contribution in [-0.4, -0.2) is 10.9 Å². The highest BCUT2D eigenvalue weighted by Gasteiger charge is 2.09. The first-order valence-corrected chi connectivity index (χ1v) is 7.56. The summed E-state index contributed by atoms with van der Waals surface area (Å²) in [5, 5.41) is 11.8. The lowest BCUT2D eigenvalue weighted by Gasteiger charge is -2.06. The number of thiazole rings is 1. The SMILES string of the molecule is N#Cc1cnc(NC(=O)c2ccc(Oc3ccccc3)cc2)s1. The molecule has 3 rings (SSSR count). The maximum absolute atomic E-state index is 12.1. The molecule has 0 bridgehead atoms. The van der Waals surface area contributed by atoms with Gasteiger partial charge in [-0.2, -0.15) is 5.26 Å². The Morgan fingerprint density at radius 1 is 1.09 bits per heavy atom. The van der Waals surface area contributed by atoms with Crippen LogP contribution in [0.2, 0.25) is 0 Å². The number of amides is 1. The highest BCUT2D eigenvalue weighted by Crippen LogP contribution is 2.22. The lowest BCUT2D eigenvalue weighted by atomic mass is 10.2. The van der Waals surface area contributed by atoms with Gasteiger partial charge in [0, 0.05) is 5.56 Å². The Labute approximate surface area is 136 Å². The van der Waals surface area contributed by atoms with E-state index in [-0.39, 0.29) is 5.91 Å². The predicted octanol–water partition coefficient (Wildman–Crippen LogP) is 4.06. The van der Waals surface area contributed by atoms with Gasteiger partial charge in [-0.25, -0.2) is 4.98 Å². The van der Waals surface area contributed by atoms with Crippen molar-refractivity contribution in [1.82, 2.24) is 4.98 Å². The molecule has 2 aromatic carbocycles. The van der Waals surface area contributed by atoms with Gasteiger partial charge in [-0.3, -0.25) is 10.1 Å². The van der Waals surface area contributed by atoms with E-state index in [9.17, 15) is 4.79 Å². The number of rotatable bonds is 4. The van der Waals surface area contributed by atoms with E-state index < -0.39 is 0 Å². The van der Waals surface area contributed by atoms with E-state index in [0.29, 0.717) is 21.3 Å². The minimum absolute atomic E-state index is 0.282. The molecule has 0 aliphatic carbocycles. The molecule has 0 unspecified atom stereocenters. The third-order valence-corrected chi connectivity index (χ3v) is 3.75. The standard InChI is InChI=1S/C17H11N3O2S/c18-10-15-11-19-17(23-15)20-16(21)12-6-8-14(9-7-12)22-13-4-2-1-3-5-13/h1-9,11H,(H,19,20,21). The van der Waals surface area contributed by atoms with E-state index in [1.54, 1.807) is 24.3 Å². The van der Waals surface area contributed by atoms with Gasteiger partial charge in [-0.15, -0.1) is 0 Å². The highest BCUT2D eigenvalue weighted by molar-refractivity contribution is 7.16. The van der Waals surface area contributed by atoms with Crippen LogP contribution in [0, 0.1) is 11.3 Å². The summed E-state index contributed by atoms with van der Waals surface area (Å²) in [6.07, 6.45) is 1.43. The largest absolute Gasteiger partial charge is 0.457 e. The number of carbonyl (C=O) groups excluding carboxylic acids is 1. The second-order valence-corrected chi connectivity index (χ2v) is 5.57. The molecular weight excluding hydrogens is 310 g/mol. The second kappa shape index (κ2) is 6.73. The number of carbonyl (C=O) groups is 1. The van der Waals surface area contributed by atoms with Crippen LogP contribution in [0.25, 0.3) is 0 Å². The fraction of sp³-hybridized carbons (Fsp3) is 0. The molecular formula is C17H11N3O2S. The van der Waals surface area contributed by atoms with Crippen LogP contribution in [0.5, 0.6) is 11.5 Å². The molecule has 1 heterocycles. The smallest absolute Gasteiger partial charge is 0.257 e. The average molecular weight is 321 g/mol. The molecule has 3 aromatic rings. The molecule has 0 aliphatic rings. The lowest BCUT2D eigenvalue weighted by Crippen LogP contribution is -2.11. The highest BCUT2D eigenvalue weighted by atomic mass is 32.1. The first-order chi connectivity index (χ1) is 11.2. The molecule has 0 radical (unpaired) electrons. The lowest BCUT2D eigenvalue weighted by molar-refractivity contribution is 0.102. The molecule has 0 aliphatic heterocycles. The average Bonchev–Trinajstić information content (AvgIpc) is 3.04. The number of aromatic nitrogens is 1. The fourth-order valence-electron chi connectivity index (χ4n) is 1.85. The summed E-state index contributed by atoms with van der Waals surface area (Å²) in [6, 6.07) is 18.2. The second-order valence-electron chi connectivity index (χ2n) is 4.54. The van der Waals surface area contributed by atoms with Crippen LogP contribution in [-0.2, 0) is 0 Å². The van der Waals surface area contributed by atoms with Gasteiger partial charge in [0.25, 0.3) is 5.91 Å². The van der Waals surface area contributed by atoms with Gasteiger partial charge in [-0.1, -0.05) is 29.5 Å². The van der Waals surface area contributed by atoms with Gasteiger partial charge in [0.1, 0.15) is 22.4 Å². The minimum Gasteiger partial charge on any atom is -0.457 e. The van der Waals surface area contributed by atoms with Crippen LogP contribution in [0.15, 0.2) is 60.8 Å². The first-order valence-electron chi connectivity index (χ1n) is 6.75. The number of nitrogens with zero attached hydrogens (tertiary/aromatic N) is 2. The molecule has 6 heteroatoms. The van der Waals surface area contributed by atoms with Crippen molar-refractivity contribution in [2.75, 3.05) is 5.32 Å². The minimum atomic E-state index is -0.282. The molecule has 23 heavy (non-hydrogen) atoms. The van der Waals surface area contributed by atoms with Crippen molar-refractivity contribution in [2.45, 2.75) is 0 Å². The topological polar surface area (TPSA) is 75.0 Å². The van der Waals surface area contributed by atoms with Crippen molar-refractivity contribution in [3.63, 3.8) is 0 Å². The number of nitrogens with one attached hydrogen (secondary N) is 1. The van der Waals surface area contributed by atoms with Crippen molar-refractivity contribution in [3.8, 4) is 17.6 Å². The molecule has 0 fully saturated rings. The zero-order valence-electron chi connectivity index (χ0n) is 11.9. The number of nitriles is 1. The number of hydrogen-bond donors (Lipinski definition) is 1. The van der Waals surface area contributed by atoms with E-state index >= 15 is 0 Å². The van der Waals surface area contributed by atoms with Crippen molar-refractivity contribution >= 4 is 22.4 Å². The van der Waals surface area contributed by atoms with Crippen molar-refractivity contribution in [2.24, 2.45) is 0 Å². The van der Waals surface area contributed by atoms with E-state index in [2.05, 4.69) is 10.3 Å². The van der Waals surface area contributed by atoms with Gasteiger partial charge in [0.15, 0.2) is 5.13 Å². The molecule has 1 N–H and O–H groups in total. The number of hydrogen-bond acceptors (Lipinski definition) is 5. The Morgan fingerprint density at radius 2 is 1.78 bits per heavy atom. The molecule has 5 nitrogen and oxygen atoms in total. The zero-order valence-corrected chi connectivity index (χ0v) is 12.7. The number of para-hydroxylation sites is 1. The molecule has 0 saturated carbocycles. The Balaban J connectivity index is 1.66. The van der Waals surface area contributed by atoms with Crippen molar-refractivity contribution < 1.29 is 9.53 Å². The molecule has 112 valence electrons. The maximum atomic E-state index is 12.1. The van der Waals surface area contributed by atoms with E-state index in [4.69, 9.17) is 10.00 Å². The number of anilines is 1. The summed E-state index contributed by atoms with van der Waals surface area (Å²) in [5.41, 5.74) is 0.485. The van der Waals surface area contributed by atoms with Crippen LogP contribution < -0.4 is 10.1 Å². The molecule has 0 spiro atoms. The summed E-state index contributed by atoms with van der Waals surface area (Å²) in [6.45, 7) is 0. The Kier molecular flexibility index (Phi) is 4.32. The zero-order chi connectivity index (χ0) is 16.1. The molecule has 1 amide bonds. The van der Waals surface area contributed by atoms with Crippen molar-refractivity contribution in [1.29, 1.82) is 5.26 Å². The van der Waals surface area contributed by atoms with Crippen LogP contribution in [0.4, 0.5) is 5.13 Å². The maximum Gasteiger partial charge on any atom is 0.257 e. The number of benzene rings is 2. The van der Waals surface area contributed by atoms with Crippen molar-refractivity contribution in [3.05, 3.63) is 71.2 Å². The van der Waals surface area contributed by atoms with Crippen LogP contribution >= 0.6 is 11.3 Å². The summed E-state index contributed by atoms with van der Waals surface area (Å²) in [4.78, 5) is 16.5. The third-order valence-electron chi connectivity index (χ3n) is 2.93. The van der Waals surface area contributed by atoms with Crippen LogP contribution in [0.3, 0.4) is 0 Å². The normalized spacial score (nSPS) is 9.87. The van der Waals surface area contributed by atoms with E-state index in [0.717, 1.165) is 17.1 Å². The van der Waals surface area contributed by atoms with Gasteiger partial charge < -0.3 is 4.74 Å². The third kappa shape index (κ3) is 3.73. The monoisotopic (exact) mass is 321 g/mol. The summed E-state index contributed by atoms with van der Waals surface area (Å²) >= 11 is 1.13. The number of ether oxygens (including phenoxy) is 1. The quantitative estimate of drug-likeness (QED) is 0.786. The summed E-state index contributed by atoms with van der Waals surface area (Å²) in [5.74, 6) is 1.10. The van der Waals surface area contributed by atoms with E-state index in [1.807, 2.05) is 36.4 Å². The van der Waals surface area contributed by atoms with Crippen LogP contribution in [0.1, 0.15) is 15.2 Å². The molecule has 0 saturated heterocycles. The van der Waals surface area contributed by atoms with E-state index in [1.165, 1.54) is 6.20 Å². The molecule has 1 aromatic heterocycles. The Hall–Kier alpha value is -3.17. The Morgan fingerprint density at radius 3 is 2.43 bits per heavy atom. The fourth-order valence-corrected chi connectivity index (χ4v) is 2.46. The predicted molar refractivity (Wildman–Crippen MR) is 87.7 cm³/mol. The van der Waals surface area contributed by atoms with Gasteiger partial charge in [-0.05, 0) is 36.4 Å².